The summed E-state index contributed by atoms with van der Waals surface area (Å²) in [6.45, 7) is 9.15. The number of nitrogens with zero attached hydrogens (tertiary/aromatic N) is 4. The van der Waals surface area contributed by atoms with E-state index in [2.05, 4.69) is 21.8 Å². The normalized spacial score (nSPS) is 25.2. The summed E-state index contributed by atoms with van der Waals surface area (Å²) < 4.78 is 22.3. The van der Waals surface area contributed by atoms with E-state index >= 15 is 0 Å². The number of hydrogen-bond donors (Lipinski definition) is 4. The van der Waals surface area contributed by atoms with E-state index in [9.17, 15) is 19.2 Å². The van der Waals surface area contributed by atoms with E-state index in [1.54, 1.807) is 24.2 Å². The molecule has 6 N–H and O–H groups in total. The van der Waals surface area contributed by atoms with E-state index < -0.39 is 23.9 Å². The van der Waals surface area contributed by atoms with Crippen LogP contribution in [0.2, 0.25) is 0 Å². The van der Waals surface area contributed by atoms with Crippen molar-refractivity contribution in [2.24, 2.45) is 23.3 Å². The number of primary amides is 2. The minimum Gasteiger partial charge on any atom is -0.436 e. The number of hydrogen-bond acceptors (Lipinski definition) is 10. The quantitative estimate of drug-likeness (QED) is 0.126. The molecule has 2 aromatic heterocycles. The van der Waals surface area contributed by atoms with Crippen LogP contribution in [0.25, 0.3) is 22.5 Å². The molecule has 16 heteroatoms. The number of imidazole rings is 2. The van der Waals surface area contributed by atoms with Gasteiger partial charge in [0, 0.05) is 54.9 Å². The average Bonchev–Trinajstić information content (AvgIpc) is 4.12. The van der Waals surface area contributed by atoms with Crippen LogP contribution in [0.3, 0.4) is 0 Å². The maximum atomic E-state index is 14.4. The lowest BCUT2D eigenvalue weighted by atomic mass is 9.79. The maximum absolute atomic E-state index is 14.4. The van der Waals surface area contributed by atoms with Crippen molar-refractivity contribution in [1.29, 1.82) is 0 Å². The van der Waals surface area contributed by atoms with Crippen molar-refractivity contribution in [2.75, 3.05) is 19.8 Å². The molecule has 0 radical (unpaired) electrons. The Hall–Kier alpha value is -6.18. The number of aromatic nitrogens is 4. The standard InChI is InChI=1S/C48H58N8O8/c1-28-5-17-39(55(28)44(57)41(63-46(49)59)35-19-22-61-23-20-35)42-51-26-37(53-42)33-13-9-31(10-14-33)7-8-32-11-15-34(16-12-32)38-27-52-43(54-38)40-18-6-29(2)56(40)45(58)48(4,64-47(50)60)36-21-24-62-30(3)25-36/h9-16,26-30,35-36,39-41H,5-6,17-25H2,1-4H3,(H2,49,59)(H2,50,60)(H,51,53)(H,52,54)/t28-,29-,30?,36?,39?,40?,41-,48-/m0/s1. The van der Waals surface area contributed by atoms with E-state index in [-0.39, 0.29) is 53.9 Å². The van der Waals surface area contributed by atoms with Gasteiger partial charge in [-0.2, -0.15) is 0 Å². The van der Waals surface area contributed by atoms with Gasteiger partial charge in [0.15, 0.2) is 11.7 Å². The fourth-order valence-electron chi connectivity index (χ4n) is 10.0. The third-order valence-electron chi connectivity index (χ3n) is 13.6. The highest BCUT2D eigenvalue weighted by Crippen LogP contribution is 2.42. The number of aromatic amines is 2. The van der Waals surface area contributed by atoms with Crippen LogP contribution < -0.4 is 11.5 Å². The van der Waals surface area contributed by atoms with Crippen LogP contribution in [0.1, 0.15) is 114 Å². The molecule has 4 saturated heterocycles. The molecule has 6 heterocycles. The highest BCUT2D eigenvalue weighted by atomic mass is 16.6. The third-order valence-corrected chi connectivity index (χ3v) is 13.6. The first-order valence-electron chi connectivity index (χ1n) is 22.4. The van der Waals surface area contributed by atoms with Crippen molar-refractivity contribution < 1.29 is 38.1 Å². The lowest BCUT2D eigenvalue weighted by molar-refractivity contribution is -0.164. The molecule has 338 valence electrons. The summed E-state index contributed by atoms with van der Waals surface area (Å²) in [5.74, 6) is 6.96. The van der Waals surface area contributed by atoms with Crippen molar-refractivity contribution >= 4 is 24.0 Å². The van der Waals surface area contributed by atoms with Gasteiger partial charge in [-0.05, 0) is 114 Å². The Kier molecular flexibility index (Phi) is 13.1. The minimum absolute atomic E-state index is 0.0600. The number of nitrogens with one attached hydrogen (secondary N) is 2. The summed E-state index contributed by atoms with van der Waals surface area (Å²) >= 11 is 0. The number of ether oxygens (including phenoxy) is 4. The average molecular weight is 875 g/mol. The van der Waals surface area contributed by atoms with Crippen molar-refractivity contribution in [1.82, 2.24) is 29.7 Å². The zero-order chi connectivity index (χ0) is 45.1. The zero-order valence-corrected chi connectivity index (χ0v) is 36.9. The first kappa shape index (κ1) is 44.4. The molecule has 4 aliphatic rings. The number of carbonyl (C=O) groups is 4. The molecule has 0 aliphatic carbocycles. The van der Waals surface area contributed by atoms with Crippen LogP contribution in [-0.4, -0.2) is 103 Å². The molecule has 0 spiro atoms. The van der Waals surface area contributed by atoms with Crippen molar-refractivity contribution in [3.05, 3.63) is 83.7 Å². The fraction of sp³-hybridized carbons (Fsp3) is 0.500. The number of rotatable bonds is 10. The molecule has 4 unspecified atom stereocenters. The summed E-state index contributed by atoms with van der Waals surface area (Å²) in [7, 11) is 0. The van der Waals surface area contributed by atoms with Gasteiger partial charge in [-0.25, -0.2) is 19.6 Å². The molecule has 0 saturated carbocycles. The van der Waals surface area contributed by atoms with Crippen LogP contribution in [0.15, 0.2) is 60.9 Å². The van der Waals surface area contributed by atoms with Gasteiger partial charge in [-0.1, -0.05) is 36.1 Å². The maximum Gasteiger partial charge on any atom is 0.405 e. The Bertz CT molecular complexity index is 2380. The molecule has 0 bridgehead atoms. The van der Waals surface area contributed by atoms with Crippen LogP contribution in [-0.2, 0) is 28.5 Å². The van der Waals surface area contributed by atoms with Gasteiger partial charge in [0.2, 0.25) is 0 Å². The lowest BCUT2D eigenvalue weighted by Gasteiger charge is -2.43. The molecule has 4 fully saturated rings. The van der Waals surface area contributed by atoms with Gasteiger partial charge in [-0.3, -0.25) is 9.59 Å². The van der Waals surface area contributed by atoms with Gasteiger partial charge in [-0.15, -0.1) is 0 Å². The second-order valence-electron chi connectivity index (χ2n) is 17.8. The highest BCUT2D eigenvalue weighted by molar-refractivity contribution is 5.88. The number of likely N-dealkylation sites (tertiary alicyclic amines) is 2. The summed E-state index contributed by atoms with van der Waals surface area (Å²) in [5, 5.41) is 0. The Morgan fingerprint density at radius 2 is 1.27 bits per heavy atom. The zero-order valence-electron chi connectivity index (χ0n) is 36.9. The van der Waals surface area contributed by atoms with Crippen LogP contribution >= 0.6 is 0 Å². The summed E-state index contributed by atoms with van der Waals surface area (Å²) in [6.07, 6.45) is 6.00. The van der Waals surface area contributed by atoms with E-state index in [1.165, 1.54) is 0 Å². The fourth-order valence-corrected chi connectivity index (χ4v) is 10.0. The Labute approximate surface area is 373 Å². The predicted molar refractivity (Wildman–Crippen MR) is 236 cm³/mol. The summed E-state index contributed by atoms with van der Waals surface area (Å²) in [5.41, 5.74) is 14.7. The Morgan fingerprint density at radius 3 is 1.78 bits per heavy atom. The molecule has 4 aromatic rings. The second kappa shape index (κ2) is 18.9. The number of benzene rings is 2. The van der Waals surface area contributed by atoms with Crippen molar-refractivity contribution in [2.45, 2.75) is 121 Å². The largest absolute Gasteiger partial charge is 0.436 e. The van der Waals surface area contributed by atoms with Crippen molar-refractivity contribution in [3.8, 4) is 34.4 Å². The highest BCUT2D eigenvalue weighted by Gasteiger charge is 2.52. The molecular weight excluding hydrogens is 817 g/mol. The molecular formula is C48H58N8O8. The van der Waals surface area contributed by atoms with Crippen molar-refractivity contribution in [3.63, 3.8) is 0 Å². The first-order chi connectivity index (χ1) is 30.8. The van der Waals surface area contributed by atoms with E-state index in [0.29, 0.717) is 63.6 Å². The van der Waals surface area contributed by atoms with E-state index in [4.69, 9.17) is 40.4 Å². The molecule has 2 aromatic carbocycles. The van der Waals surface area contributed by atoms with E-state index in [0.717, 1.165) is 52.9 Å². The van der Waals surface area contributed by atoms with Gasteiger partial charge >= 0.3 is 12.2 Å². The Morgan fingerprint density at radius 1 is 0.734 bits per heavy atom. The minimum atomic E-state index is -1.43. The number of nitrogens with two attached hydrogens (primary N) is 2. The smallest absolute Gasteiger partial charge is 0.405 e. The summed E-state index contributed by atoms with van der Waals surface area (Å²) in [6, 6.07) is 15.0. The number of carbonyl (C=O) groups excluding carboxylic acids is 4. The molecule has 64 heavy (non-hydrogen) atoms. The monoisotopic (exact) mass is 874 g/mol. The first-order valence-corrected chi connectivity index (χ1v) is 22.4. The van der Waals surface area contributed by atoms with Gasteiger partial charge in [0.25, 0.3) is 11.8 Å². The summed E-state index contributed by atoms with van der Waals surface area (Å²) in [4.78, 5) is 72.3. The van der Waals surface area contributed by atoms with Crippen LogP contribution in [0.4, 0.5) is 9.59 Å². The van der Waals surface area contributed by atoms with Crippen LogP contribution in [0.5, 0.6) is 0 Å². The van der Waals surface area contributed by atoms with Gasteiger partial charge in [0.05, 0.1) is 42.0 Å². The second-order valence-corrected chi connectivity index (χ2v) is 17.8. The Balaban J connectivity index is 0.912. The molecule has 4 amide bonds. The SMILES string of the molecule is CC1CC([C@](C)(OC(N)=O)C(=O)N2C(c3ncc(-c4ccc(C#Cc5ccc(-c6cnc(C7CC[C@H](C)N7C(=O)[C@@H](OC(N)=O)C7CCOCC7)[nH]6)cc5)cc4)[nH]3)CC[C@@H]2C)CCO1. The topological polar surface area (TPSA) is 221 Å². The molecule has 8 atom stereocenters. The predicted octanol–water partition coefficient (Wildman–Crippen LogP) is 6.53. The number of amides is 4. The van der Waals surface area contributed by atoms with Gasteiger partial charge in [0.1, 0.15) is 11.6 Å². The molecule has 4 aliphatic heterocycles. The third kappa shape index (κ3) is 9.37. The van der Waals surface area contributed by atoms with E-state index in [1.807, 2.05) is 74.2 Å². The van der Waals surface area contributed by atoms with Crippen LogP contribution in [0, 0.1) is 23.7 Å². The van der Waals surface area contributed by atoms with Gasteiger partial charge < -0.3 is 50.2 Å². The molecule has 8 rings (SSSR count). The lowest BCUT2D eigenvalue weighted by Crippen LogP contribution is -2.57. The molecule has 16 nitrogen and oxygen atoms in total. The number of H-pyrrole nitrogens is 2.